The summed E-state index contributed by atoms with van der Waals surface area (Å²) in [5.41, 5.74) is 1.88. The van der Waals surface area contributed by atoms with Crippen molar-refractivity contribution in [3.63, 3.8) is 0 Å². The second kappa shape index (κ2) is 8.34. The van der Waals surface area contributed by atoms with Crippen LogP contribution in [-0.4, -0.2) is 49.7 Å². The lowest BCUT2D eigenvalue weighted by atomic mass is 9.73. The molecule has 1 saturated heterocycles. The fraction of sp³-hybridized carbons (Fsp3) is 0.579. The van der Waals surface area contributed by atoms with Crippen molar-refractivity contribution in [2.24, 2.45) is 11.3 Å². The maximum Gasteiger partial charge on any atom is 0.314 e. The van der Waals surface area contributed by atoms with Gasteiger partial charge >= 0.3 is 6.03 Å². The fourth-order valence-corrected chi connectivity index (χ4v) is 3.52. The molecule has 0 aromatic heterocycles. The first kappa shape index (κ1) is 19.2. The number of aliphatic hydroxyl groups is 1. The van der Waals surface area contributed by atoms with E-state index in [4.69, 9.17) is 5.11 Å². The zero-order valence-corrected chi connectivity index (χ0v) is 15.3. The van der Waals surface area contributed by atoms with Crippen molar-refractivity contribution in [1.82, 2.24) is 10.6 Å². The summed E-state index contributed by atoms with van der Waals surface area (Å²) in [7, 11) is 0. The van der Waals surface area contributed by atoms with E-state index < -0.39 is 0 Å². The topological polar surface area (TPSA) is 81.7 Å². The lowest BCUT2D eigenvalue weighted by Crippen LogP contribution is -2.54. The second-order valence-electron chi connectivity index (χ2n) is 7.46. The number of rotatable bonds is 6. The van der Waals surface area contributed by atoms with Crippen LogP contribution in [0.15, 0.2) is 24.3 Å². The third-order valence-corrected chi connectivity index (χ3v) is 5.18. The molecule has 0 radical (unpaired) electrons. The largest absolute Gasteiger partial charge is 0.395 e. The standard InChI is InChI=1S/C19H29N3O3/c1-14-19(2,3)10-16(11-21-18(25)20-8-9-23)12-22(14)17-6-4-15(13-24)5-7-17/h4-7,13-14,16,23H,8-12H2,1-3H3,(H2,20,21,25). The molecule has 2 atom stereocenters. The predicted molar refractivity (Wildman–Crippen MR) is 99.0 cm³/mol. The summed E-state index contributed by atoms with van der Waals surface area (Å²) in [5, 5.41) is 14.3. The van der Waals surface area contributed by atoms with E-state index in [2.05, 4.69) is 36.3 Å². The van der Waals surface area contributed by atoms with Gasteiger partial charge < -0.3 is 20.6 Å². The lowest BCUT2D eigenvalue weighted by Gasteiger charge is -2.49. The molecule has 2 unspecified atom stereocenters. The number of carbonyl (C=O) groups is 2. The summed E-state index contributed by atoms with van der Waals surface area (Å²) >= 11 is 0. The summed E-state index contributed by atoms with van der Waals surface area (Å²) in [6.07, 6.45) is 1.88. The smallest absolute Gasteiger partial charge is 0.314 e. The van der Waals surface area contributed by atoms with Crippen molar-refractivity contribution in [3.8, 4) is 0 Å². The molecule has 1 fully saturated rings. The highest BCUT2D eigenvalue weighted by molar-refractivity contribution is 5.76. The minimum atomic E-state index is -0.243. The van der Waals surface area contributed by atoms with Gasteiger partial charge in [-0.25, -0.2) is 4.79 Å². The molecule has 0 saturated carbocycles. The zero-order valence-electron chi connectivity index (χ0n) is 15.3. The molecule has 138 valence electrons. The molecule has 1 aromatic rings. The van der Waals surface area contributed by atoms with Crippen LogP contribution in [0.3, 0.4) is 0 Å². The maximum absolute atomic E-state index is 11.7. The molecule has 1 heterocycles. The fourth-order valence-electron chi connectivity index (χ4n) is 3.52. The number of amides is 2. The predicted octanol–water partition coefficient (Wildman–Crippen LogP) is 2.03. The number of nitrogens with zero attached hydrogens (tertiary/aromatic N) is 1. The van der Waals surface area contributed by atoms with Crippen molar-refractivity contribution in [2.75, 3.05) is 31.1 Å². The van der Waals surface area contributed by atoms with Crippen molar-refractivity contribution < 1.29 is 14.7 Å². The van der Waals surface area contributed by atoms with Crippen LogP contribution in [-0.2, 0) is 0 Å². The average Bonchev–Trinajstić information content (AvgIpc) is 2.60. The highest BCUT2D eigenvalue weighted by Crippen LogP contribution is 2.39. The van der Waals surface area contributed by atoms with Crippen LogP contribution >= 0.6 is 0 Å². The molecule has 25 heavy (non-hydrogen) atoms. The van der Waals surface area contributed by atoms with E-state index in [9.17, 15) is 9.59 Å². The van der Waals surface area contributed by atoms with Gasteiger partial charge in [0.05, 0.1) is 6.61 Å². The molecule has 6 heteroatoms. The Balaban J connectivity index is 2.05. The quantitative estimate of drug-likeness (QED) is 0.688. The van der Waals surface area contributed by atoms with E-state index in [1.54, 1.807) is 0 Å². The third kappa shape index (κ3) is 4.95. The Morgan fingerprint density at radius 3 is 2.60 bits per heavy atom. The summed E-state index contributed by atoms with van der Waals surface area (Å²) in [5.74, 6) is 0.330. The van der Waals surface area contributed by atoms with E-state index in [-0.39, 0.29) is 24.6 Å². The summed E-state index contributed by atoms with van der Waals surface area (Å²) in [6, 6.07) is 7.76. The Morgan fingerprint density at radius 2 is 2.00 bits per heavy atom. The molecule has 0 aliphatic carbocycles. The van der Waals surface area contributed by atoms with E-state index in [1.165, 1.54) is 0 Å². The number of carbonyl (C=O) groups excluding carboxylic acids is 2. The number of piperidine rings is 1. The summed E-state index contributed by atoms with van der Waals surface area (Å²) < 4.78 is 0. The molecule has 1 aliphatic heterocycles. The number of hydrogen-bond acceptors (Lipinski definition) is 4. The van der Waals surface area contributed by atoms with Gasteiger partial charge in [-0.3, -0.25) is 4.79 Å². The van der Waals surface area contributed by atoms with Crippen LogP contribution < -0.4 is 15.5 Å². The summed E-state index contributed by atoms with van der Waals surface area (Å²) in [6.45, 7) is 8.37. The number of hydrogen-bond donors (Lipinski definition) is 3. The van der Waals surface area contributed by atoms with Crippen molar-refractivity contribution in [3.05, 3.63) is 29.8 Å². The molecule has 0 spiro atoms. The first-order valence-electron chi connectivity index (χ1n) is 8.82. The number of benzene rings is 1. The second-order valence-corrected chi connectivity index (χ2v) is 7.46. The minimum absolute atomic E-state index is 0.0635. The number of aldehydes is 1. The molecule has 1 aromatic carbocycles. The van der Waals surface area contributed by atoms with Gasteiger partial charge in [0.2, 0.25) is 0 Å². The Labute approximate surface area is 149 Å². The van der Waals surface area contributed by atoms with Crippen LogP contribution in [0, 0.1) is 11.3 Å². The van der Waals surface area contributed by atoms with Gasteiger partial charge in [-0.1, -0.05) is 13.8 Å². The van der Waals surface area contributed by atoms with Crippen LogP contribution in [0.2, 0.25) is 0 Å². The summed E-state index contributed by atoms with van der Waals surface area (Å²) in [4.78, 5) is 24.9. The van der Waals surface area contributed by atoms with Crippen LogP contribution in [0.5, 0.6) is 0 Å². The minimum Gasteiger partial charge on any atom is -0.395 e. The number of urea groups is 1. The average molecular weight is 347 g/mol. The van der Waals surface area contributed by atoms with Gasteiger partial charge in [-0.15, -0.1) is 0 Å². The molecule has 3 N–H and O–H groups in total. The van der Waals surface area contributed by atoms with Crippen LogP contribution in [0.4, 0.5) is 10.5 Å². The monoisotopic (exact) mass is 347 g/mol. The highest BCUT2D eigenvalue weighted by Gasteiger charge is 2.39. The number of aliphatic hydroxyl groups excluding tert-OH is 1. The van der Waals surface area contributed by atoms with Gasteiger partial charge in [0, 0.05) is 36.9 Å². The molecular weight excluding hydrogens is 318 g/mol. The highest BCUT2D eigenvalue weighted by atomic mass is 16.3. The molecule has 6 nitrogen and oxygen atoms in total. The Morgan fingerprint density at radius 1 is 1.32 bits per heavy atom. The molecule has 2 rings (SSSR count). The van der Waals surface area contributed by atoms with Gasteiger partial charge in [0.15, 0.2) is 0 Å². The molecule has 1 aliphatic rings. The van der Waals surface area contributed by atoms with Gasteiger partial charge in [0.1, 0.15) is 6.29 Å². The normalized spacial score (nSPS) is 22.3. The zero-order chi connectivity index (χ0) is 18.4. The van der Waals surface area contributed by atoms with Crippen LogP contribution in [0.25, 0.3) is 0 Å². The maximum atomic E-state index is 11.7. The Bertz CT molecular complexity index is 586. The molecule has 2 amide bonds. The van der Waals surface area contributed by atoms with Crippen molar-refractivity contribution in [1.29, 1.82) is 0 Å². The number of nitrogens with one attached hydrogen (secondary N) is 2. The van der Waals surface area contributed by atoms with E-state index >= 15 is 0 Å². The van der Waals surface area contributed by atoms with Crippen molar-refractivity contribution >= 4 is 18.0 Å². The number of anilines is 1. The van der Waals surface area contributed by atoms with Crippen LogP contribution in [0.1, 0.15) is 37.6 Å². The van der Waals surface area contributed by atoms with E-state index in [1.807, 2.05) is 24.3 Å². The van der Waals surface area contributed by atoms with Gasteiger partial charge in [-0.05, 0) is 48.9 Å². The molecule has 0 bridgehead atoms. The van der Waals surface area contributed by atoms with Gasteiger partial charge in [0.25, 0.3) is 0 Å². The Kier molecular flexibility index (Phi) is 6.42. The Hall–Kier alpha value is -2.08. The van der Waals surface area contributed by atoms with Gasteiger partial charge in [-0.2, -0.15) is 0 Å². The van der Waals surface area contributed by atoms with E-state index in [0.717, 1.165) is 24.9 Å². The third-order valence-electron chi connectivity index (χ3n) is 5.18. The van der Waals surface area contributed by atoms with Crippen molar-refractivity contribution in [2.45, 2.75) is 33.2 Å². The van der Waals surface area contributed by atoms with E-state index in [0.29, 0.717) is 24.1 Å². The molecular formula is C19H29N3O3. The first-order chi connectivity index (χ1) is 11.9. The first-order valence-corrected chi connectivity index (χ1v) is 8.82. The lowest BCUT2D eigenvalue weighted by molar-refractivity contribution is 0.112. The SMILES string of the molecule is CC1N(c2ccc(C=O)cc2)CC(CNC(=O)NCCO)CC1(C)C.